The molecule has 1 aliphatic rings. The number of nitrogens with zero attached hydrogens (tertiary/aromatic N) is 1. The topological polar surface area (TPSA) is 49.2 Å². The first-order valence-electron chi connectivity index (χ1n) is 5.31. The molecule has 1 N–H and O–H groups in total. The monoisotopic (exact) mass is 216 g/mol. The van der Waals surface area contributed by atoms with E-state index < -0.39 is 0 Å². The molecule has 0 spiro atoms. The maximum Gasteiger partial charge on any atom is 0.274 e. The Bertz CT molecular complexity index is 536. The molecule has 0 aliphatic carbocycles. The third-order valence-electron chi connectivity index (χ3n) is 2.94. The predicted octanol–water partition coefficient (Wildman–Crippen LogP) is 2.51. The Morgan fingerprint density at radius 2 is 2.44 bits per heavy atom. The van der Waals surface area contributed by atoms with E-state index in [0.717, 1.165) is 30.6 Å². The van der Waals surface area contributed by atoms with Gasteiger partial charge in [0.25, 0.3) is 5.91 Å². The summed E-state index contributed by atoms with van der Waals surface area (Å²) in [5.41, 5.74) is 3.04. The van der Waals surface area contributed by atoms with Crippen molar-refractivity contribution in [3.8, 4) is 0 Å². The fourth-order valence-electron chi connectivity index (χ4n) is 2.09. The number of hydrogen-bond acceptors (Lipinski definition) is 2. The smallest absolute Gasteiger partial charge is 0.274 e. The number of carbonyl (C=O) groups is 1. The lowest BCUT2D eigenvalue weighted by molar-refractivity contribution is 0.0821. The highest BCUT2D eigenvalue weighted by molar-refractivity contribution is 5.97. The minimum Gasteiger partial charge on any atom is -0.463 e. The zero-order valence-corrected chi connectivity index (χ0v) is 8.82. The van der Waals surface area contributed by atoms with Crippen LogP contribution in [0.4, 0.5) is 0 Å². The minimum atomic E-state index is -0.0195. The Labute approximate surface area is 92.5 Å². The van der Waals surface area contributed by atoms with Gasteiger partial charge in [0.15, 0.2) is 5.58 Å². The normalized spacial score (nSPS) is 16.2. The maximum absolute atomic E-state index is 12.1. The zero-order valence-electron chi connectivity index (χ0n) is 8.82. The van der Waals surface area contributed by atoms with Crippen molar-refractivity contribution in [1.82, 2.24) is 9.88 Å². The highest BCUT2D eigenvalue weighted by atomic mass is 16.3. The summed E-state index contributed by atoms with van der Waals surface area (Å²) in [7, 11) is 0. The molecule has 0 radical (unpaired) electrons. The maximum atomic E-state index is 12.1. The molecule has 16 heavy (non-hydrogen) atoms. The van der Waals surface area contributed by atoms with Gasteiger partial charge in [-0.1, -0.05) is 6.58 Å². The number of fused-ring (bicyclic) bond motifs is 1. The van der Waals surface area contributed by atoms with Crippen LogP contribution in [0.2, 0.25) is 0 Å². The number of nitrogens with one attached hydrogen (secondary N) is 1. The Balaban J connectivity index is 1.95. The first-order valence-corrected chi connectivity index (χ1v) is 5.31. The number of allylic oxidation sites excluding steroid dienone is 1. The number of rotatable bonds is 1. The Kier molecular flexibility index (Phi) is 1.89. The van der Waals surface area contributed by atoms with E-state index in [1.807, 2.05) is 6.07 Å². The third-order valence-corrected chi connectivity index (χ3v) is 2.94. The van der Waals surface area contributed by atoms with Crippen molar-refractivity contribution in [2.75, 3.05) is 6.54 Å². The largest absolute Gasteiger partial charge is 0.463 e. The summed E-state index contributed by atoms with van der Waals surface area (Å²) < 4.78 is 5.21. The van der Waals surface area contributed by atoms with Crippen LogP contribution in [0.25, 0.3) is 11.1 Å². The van der Waals surface area contributed by atoms with Gasteiger partial charge in [0.05, 0.1) is 11.8 Å². The van der Waals surface area contributed by atoms with Crippen molar-refractivity contribution in [2.45, 2.75) is 12.8 Å². The van der Waals surface area contributed by atoms with Crippen molar-refractivity contribution < 1.29 is 9.21 Å². The number of likely N-dealkylation sites (tertiary alicyclic amines) is 1. The van der Waals surface area contributed by atoms with Crippen molar-refractivity contribution >= 4 is 17.0 Å². The van der Waals surface area contributed by atoms with Crippen LogP contribution < -0.4 is 0 Å². The number of H-pyrrole nitrogens is 1. The number of hydrogen-bond donors (Lipinski definition) is 1. The van der Waals surface area contributed by atoms with Gasteiger partial charge in [0.1, 0.15) is 5.69 Å². The molecule has 0 bridgehead atoms. The van der Waals surface area contributed by atoms with Crippen LogP contribution in [0.5, 0.6) is 0 Å². The van der Waals surface area contributed by atoms with Crippen molar-refractivity contribution in [1.29, 1.82) is 0 Å². The summed E-state index contributed by atoms with van der Waals surface area (Å²) >= 11 is 0. The highest BCUT2D eigenvalue weighted by Gasteiger charge is 2.24. The molecule has 2 aromatic rings. The second-order valence-electron chi connectivity index (χ2n) is 4.01. The second kappa shape index (κ2) is 3.27. The average molecular weight is 216 g/mol. The molecule has 0 unspecified atom stereocenters. The highest BCUT2D eigenvalue weighted by Crippen LogP contribution is 2.23. The fraction of sp³-hybridized carbons (Fsp3) is 0.250. The van der Waals surface area contributed by atoms with E-state index in [4.69, 9.17) is 4.42 Å². The lowest BCUT2D eigenvalue weighted by Gasteiger charge is -2.15. The lowest BCUT2D eigenvalue weighted by Crippen LogP contribution is -2.26. The van der Waals surface area contributed by atoms with Crippen LogP contribution in [0, 0.1) is 0 Å². The average Bonchev–Trinajstić information content (AvgIpc) is 2.89. The standard InChI is InChI=1S/C12H12N2O2/c1-8-3-2-5-14(8)12(15)10-7-11-9(13-10)4-6-16-11/h4,6-7,13H,1-3,5H2. The second-order valence-corrected chi connectivity index (χ2v) is 4.01. The summed E-state index contributed by atoms with van der Waals surface area (Å²) in [4.78, 5) is 16.9. The van der Waals surface area contributed by atoms with E-state index in [0.29, 0.717) is 11.3 Å². The summed E-state index contributed by atoms with van der Waals surface area (Å²) in [5.74, 6) is -0.0195. The van der Waals surface area contributed by atoms with E-state index in [2.05, 4.69) is 11.6 Å². The van der Waals surface area contributed by atoms with E-state index >= 15 is 0 Å². The van der Waals surface area contributed by atoms with Crippen LogP contribution in [0.1, 0.15) is 23.3 Å². The molecular weight excluding hydrogens is 204 g/mol. The molecule has 1 amide bonds. The van der Waals surface area contributed by atoms with E-state index in [-0.39, 0.29) is 5.91 Å². The number of carbonyl (C=O) groups excluding carboxylic acids is 1. The van der Waals surface area contributed by atoms with Gasteiger partial charge in [-0.2, -0.15) is 0 Å². The zero-order chi connectivity index (χ0) is 11.1. The molecule has 82 valence electrons. The van der Waals surface area contributed by atoms with Gasteiger partial charge in [-0.3, -0.25) is 4.79 Å². The molecule has 3 rings (SSSR count). The first-order chi connectivity index (χ1) is 7.75. The Morgan fingerprint density at radius 3 is 3.12 bits per heavy atom. The Morgan fingerprint density at radius 1 is 1.56 bits per heavy atom. The number of aromatic amines is 1. The molecule has 1 fully saturated rings. The van der Waals surface area contributed by atoms with Gasteiger partial charge in [0, 0.05) is 24.4 Å². The van der Waals surface area contributed by atoms with Crippen molar-refractivity contribution in [3.05, 3.63) is 36.4 Å². The molecule has 1 saturated heterocycles. The number of aromatic nitrogens is 1. The summed E-state index contributed by atoms with van der Waals surface area (Å²) in [6.07, 6.45) is 3.51. The third kappa shape index (κ3) is 1.26. The quantitative estimate of drug-likeness (QED) is 0.796. The summed E-state index contributed by atoms with van der Waals surface area (Å²) in [6, 6.07) is 3.55. The van der Waals surface area contributed by atoms with Crippen LogP contribution in [0.15, 0.2) is 35.1 Å². The predicted molar refractivity (Wildman–Crippen MR) is 60.0 cm³/mol. The molecule has 4 nitrogen and oxygen atoms in total. The molecule has 0 saturated carbocycles. The van der Waals surface area contributed by atoms with Crippen LogP contribution in [0.3, 0.4) is 0 Å². The van der Waals surface area contributed by atoms with Gasteiger partial charge in [-0.25, -0.2) is 0 Å². The van der Waals surface area contributed by atoms with Gasteiger partial charge in [-0.15, -0.1) is 0 Å². The first kappa shape index (κ1) is 9.27. The van der Waals surface area contributed by atoms with Crippen molar-refractivity contribution in [3.63, 3.8) is 0 Å². The molecule has 0 aromatic carbocycles. The van der Waals surface area contributed by atoms with Crippen molar-refractivity contribution in [2.24, 2.45) is 0 Å². The molecule has 4 heteroatoms. The lowest BCUT2D eigenvalue weighted by atomic mass is 10.3. The van der Waals surface area contributed by atoms with Crippen LogP contribution in [-0.2, 0) is 0 Å². The molecule has 3 heterocycles. The summed E-state index contributed by atoms with van der Waals surface area (Å²) in [5, 5.41) is 0. The fourth-order valence-corrected chi connectivity index (χ4v) is 2.09. The van der Waals surface area contributed by atoms with Gasteiger partial charge in [-0.05, 0) is 12.8 Å². The van der Waals surface area contributed by atoms with Crippen LogP contribution >= 0.6 is 0 Å². The van der Waals surface area contributed by atoms with Gasteiger partial charge < -0.3 is 14.3 Å². The minimum absolute atomic E-state index is 0.0195. The number of amides is 1. The van der Waals surface area contributed by atoms with Gasteiger partial charge >= 0.3 is 0 Å². The van der Waals surface area contributed by atoms with E-state index in [1.54, 1.807) is 17.2 Å². The SMILES string of the molecule is C=C1CCCN1C(=O)c1cc2occc2[nH]1. The Hall–Kier alpha value is -1.97. The molecule has 1 aliphatic heterocycles. The van der Waals surface area contributed by atoms with E-state index in [9.17, 15) is 4.79 Å². The molecule has 0 atom stereocenters. The molecule has 2 aromatic heterocycles. The molecular formula is C12H12N2O2. The van der Waals surface area contributed by atoms with Gasteiger partial charge in [0.2, 0.25) is 0 Å². The van der Waals surface area contributed by atoms with E-state index in [1.165, 1.54) is 0 Å². The van der Waals surface area contributed by atoms with Crippen LogP contribution in [-0.4, -0.2) is 22.3 Å². The number of furan rings is 1. The summed E-state index contributed by atoms with van der Waals surface area (Å²) in [6.45, 7) is 4.65.